The fourth-order valence-corrected chi connectivity index (χ4v) is 1.35. The highest BCUT2D eigenvalue weighted by Gasteiger charge is 2.05. The molecule has 0 spiro atoms. The van der Waals surface area contributed by atoms with Gasteiger partial charge in [-0.1, -0.05) is 0 Å². The first kappa shape index (κ1) is 9.39. The van der Waals surface area contributed by atoms with Gasteiger partial charge in [0.25, 0.3) is 0 Å². The number of carbonyl (C=O) groups excluding carboxylic acids is 2. The van der Waals surface area contributed by atoms with E-state index in [1.165, 1.54) is 13.1 Å². The third-order valence-electron chi connectivity index (χ3n) is 2.07. The quantitative estimate of drug-likeness (QED) is 0.583. The van der Waals surface area contributed by atoms with Crippen LogP contribution in [0.25, 0.3) is 11.0 Å². The number of H-pyrrole nitrogens is 1. The Labute approximate surface area is 85.5 Å². The third kappa shape index (κ3) is 1.71. The largest absolute Gasteiger partial charge is 0.337 e. The fourth-order valence-electron chi connectivity index (χ4n) is 1.35. The molecule has 76 valence electrons. The van der Waals surface area contributed by atoms with Crippen molar-refractivity contribution in [2.75, 3.05) is 5.32 Å². The predicted octanol–water partition coefficient (Wildman–Crippen LogP) is 1.33. The van der Waals surface area contributed by atoms with Gasteiger partial charge in [0.2, 0.25) is 6.41 Å². The van der Waals surface area contributed by atoms with Gasteiger partial charge in [-0.25, -0.2) is 4.98 Å². The van der Waals surface area contributed by atoms with E-state index in [1.54, 1.807) is 12.1 Å². The minimum Gasteiger partial charge on any atom is -0.337 e. The fraction of sp³-hybridized carbons (Fsp3) is 0.100. The molecule has 0 aliphatic rings. The van der Waals surface area contributed by atoms with Crippen LogP contribution in [0.1, 0.15) is 17.4 Å². The zero-order valence-electron chi connectivity index (χ0n) is 8.07. The molecule has 2 aromatic rings. The van der Waals surface area contributed by atoms with Crippen LogP contribution in [0.15, 0.2) is 18.3 Å². The highest BCUT2D eigenvalue weighted by Crippen LogP contribution is 2.17. The molecule has 0 aromatic carbocycles. The third-order valence-corrected chi connectivity index (χ3v) is 2.07. The van der Waals surface area contributed by atoms with Crippen molar-refractivity contribution >= 4 is 28.9 Å². The molecular formula is C10H9N3O2. The highest BCUT2D eigenvalue weighted by atomic mass is 16.1. The molecule has 5 heteroatoms. The molecule has 0 atom stereocenters. The van der Waals surface area contributed by atoms with Gasteiger partial charge in [-0.05, 0) is 12.1 Å². The summed E-state index contributed by atoms with van der Waals surface area (Å²) < 4.78 is 0. The summed E-state index contributed by atoms with van der Waals surface area (Å²) in [5, 5.41) is 3.29. The van der Waals surface area contributed by atoms with Crippen LogP contribution in [0.2, 0.25) is 0 Å². The topological polar surface area (TPSA) is 74.8 Å². The van der Waals surface area contributed by atoms with Crippen molar-refractivity contribution in [1.82, 2.24) is 9.97 Å². The van der Waals surface area contributed by atoms with Crippen LogP contribution >= 0.6 is 0 Å². The van der Waals surface area contributed by atoms with E-state index in [1.807, 2.05) is 0 Å². The monoisotopic (exact) mass is 203 g/mol. The Kier molecular flexibility index (Phi) is 2.21. The van der Waals surface area contributed by atoms with Gasteiger partial charge >= 0.3 is 0 Å². The predicted molar refractivity (Wildman–Crippen MR) is 55.8 cm³/mol. The van der Waals surface area contributed by atoms with Crippen molar-refractivity contribution in [2.45, 2.75) is 6.92 Å². The van der Waals surface area contributed by atoms with Crippen molar-refractivity contribution in [1.29, 1.82) is 0 Å². The second-order valence-corrected chi connectivity index (χ2v) is 3.16. The molecule has 0 aliphatic carbocycles. The first-order valence-electron chi connectivity index (χ1n) is 4.40. The molecule has 0 unspecified atom stereocenters. The van der Waals surface area contributed by atoms with Crippen LogP contribution in [0, 0.1) is 0 Å². The Morgan fingerprint density at radius 1 is 1.53 bits per heavy atom. The maximum atomic E-state index is 11.1. The van der Waals surface area contributed by atoms with Crippen molar-refractivity contribution < 1.29 is 9.59 Å². The average molecular weight is 203 g/mol. The van der Waals surface area contributed by atoms with Gasteiger partial charge in [-0.3, -0.25) is 9.59 Å². The molecule has 2 heterocycles. The number of Topliss-reactive ketones (excluding diaryl/α,β-unsaturated/α-hetero) is 1. The maximum Gasteiger partial charge on any atom is 0.211 e. The molecule has 1 amide bonds. The minimum atomic E-state index is -0.0436. The molecule has 2 aromatic heterocycles. The zero-order valence-corrected chi connectivity index (χ0v) is 8.07. The zero-order chi connectivity index (χ0) is 10.8. The second-order valence-electron chi connectivity index (χ2n) is 3.16. The number of nitrogens with zero attached hydrogens (tertiary/aromatic N) is 1. The maximum absolute atomic E-state index is 11.1. The van der Waals surface area contributed by atoms with Gasteiger partial charge < -0.3 is 10.3 Å². The lowest BCUT2D eigenvalue weighted by Gasteiger charge is -1.95. The van der Waals surface area contributed by atoms with E-state index in [-0.39, 0.29) is 5.78 Å². The van der Waals surface area contributed by atoms with Gasteiger partial charge in [0.15, 0.2) is 5.78 Å². The number of amides is 1. The number of nitrogens with one attached hydrogen (secondary N) is 2. The van der Waals surface area contributed by atoms with Gasteiger partial charge in [0.05, 0.1) is 17.6 Å². The number of hydrogen-bond donors (Lipinski definition) is 2. The van der Waals surface area contributed by atoms with Gasteiger partial charge in [-0.2, -0.15) is 0 Å². The molecule has 0 aliphatic heterocycles. The van der Waals surface area contributed by atoms with E-state index in [9.17, 15) is 9.59 Å². The van der Waals surface area contributed by atoms with E-state index in [2.05, 4.69) is 15.3 Å². The Balaban J connectivity index is 2.51. The van der Waals surface area contributed by atoms with Crippen LogP contribution < -0.4 is 5.32 Å². The summed E-state index contributed by atoms with van der Waals surface area (Å²) in [5.74, 6) is -0.0436. The number of carbonyl (C=O) groups is 2. The Bertz CT molecular complexity index is 530. The summed E-state index contributed by atoms with van der Waals surface area (Å²) in [5.41, 5.74) is 1.75. The Morgan fingerprint density at radius 2 is 2.33 bits per heavy atom. The van der Waals surface area contributed by atoms with Crippen LogP contribution in [0.3, 0.4) is 0 Å². The number of fused-ring (bicyclic) bond motifs is 1. The van der Waals surface area contributed by atoms with E-state index < -0.39 is 0 Å². The van der Waals surface area contributed by atoms with Crippen molar-refractivity contribution in [3.63, 3.8) is 0 Å². The first-order valence-corrected chi connectivity index (χ1v) is 4.40. The highest BCUT2D eigenvalue weighted by molar-refractivity contribution is 5.97. The lowest BCUT2D eigenvalue weighted by atomic mass is 10.2. The molecule has 0 saturated carbocycles. The van der Waals surface area contributed by atoms with E-state index in [0.717, 1.165) is 5.39 Å². The van der Waals surface area contributed by atoms with E-state index in [4.69, 9.17) is 0 Å². The molecule has 0 saturated heterocycles. The molecule has 0 fully saturated rings. The second kappa shape index (κ2) is 3.53. The van der Waals surface area contributed by atoms with Crippen LogP contribution in [-0.4, -0.2) is 22.2 Å². The molecule has 2 rings (SSSR count). The number of ketones is 1. The lowest BCUT2D eigenvalue weighted by Crippen LogP contribution is -1.93. The smallest absolute Gasteiger partial charge is 0.211 e. The molecule has 0 bridgehead atoms. The summed E-state index contributed by atoms with van der Waals surface area (Å²) in [4.78, 5) is 28.3. The average Bonchev–Trinajstić information content (AvgIpc) is 2.61. The van der Waals surface area contributed by atoms with Gasteiger partial charge in [-0.15, -0.1) is 0 Å². The number of hydrogen-bond acceptors (Lipinski definition) is 3. The summed E-state index contributed by atoms with van der Waals surface area (Å²) in [6.07, 6.45) is 2.11. The van der Waals surface area contributed by atoms with Crippen molar-refractivity contribution in [3.05, 3.63) is 24.0 Å². The van der Waals surface area contributed by atoms with Crippen molar-refractivity contribution in [3.8, 4) is 0 Å². The normalized spacial score (nSPS) is 10.2. The molecule has 5 nitrogen and oxygen atoms in total. The number of aromatic amines is 1. The lowest BCUT2D eigenvalue weighted by molar-refractivity contribution is -0.105. The van der Waals surface area contributed by atoms with Crippen LogP contribution in [0.5, 0.6) is 0 Å². The number of anilines is 1. The summed E-state index contributed by atoms with van der Waals surface area (Å²) >= 11 is 0. The van der Waals surface area contributed by atoms with E-state index in [0.29, 0.717) is 23.4 Å². The first-order chi connectivity index (χ1) is 7.20. The Morgan fingerprint density at radius 3 is 3.00 bits per heavy atom. The standard InChI is InChI=1S/C10H9N3O2/c1-6(15)9-3-7-2-8(12-5-14)4-11-10(7)13-9/h2-5H,1H3,(H,11,13)(H,12,14). The SMILES string of the molecule is CC(=O)c1cc2cc(NC=O)cnc2[nH]1. The summed E-state index contributed by atoms with van der Waals surface area (Å²) in [6, 6.07) is 3.46. The number of aromatic nitrogens is 2. The van der Waals surface area contributed by atoms with Gasteiger partial charge in [0.1, 0.15) is 5.65 Å². The number of rotatable bonds is 3. The number of pyridine rings is 1. The molecular weight excluding hydrogens is 194 g/mol. The molecule has 15 heavy (non-hydrogen) atoms. The van der Waals surface area contributed by atoms with Crippen molar-refractivity contribution in [2.24, 2.45) is 0 Å². The van der Waals surface area contributed by atoms with E-state index >= 15 is 0 Å². The molecule has 0 radical (unpaired) electrons. The van der Waals surface area contributed by atoms with Crippen LogP contribution in [-0.2, 0) is 4.79 Å². The summed E-state index contributed by atoms with van der Waals surface area (Å²) in [7, 11) is 0. The molecule has 2 N–H and O–H groups in total. The van der Waals surface area contributed by atoms with Gasteiger partial charge in [0, 0.05) is 12.3 Å². The Hall–Kier alpha value is -2.17. The summed E-state index contributed by atoms with van der Waals surface area (Å²) in [6.45, 7) is 1.48. The minimum absolute atomic E-state index is 0.0436. The van der Waals surface area contributed by atoms with Crippen LogP contribution in [0.4, 0.5) is 5.69 Å².